The Morgan fingerprint density at radius 1 is 1.38 bits per heavy atom. The highest BCUT2D eigenvalue weighted by Gasteiger charge is 2.08. The number of amides is 1. The van der Waals surface area contributed by atoms with Gasteiger partial charge in [-0.1, -0.05) is 19.8 Å². The van der Waals surface area contributed by atoms with E-state index in [0.717, 1.165) is 24.8 Å². The van der Waals surface area contributed by atoms with E-state index in [2.05, 4.69) is 12.2 Å². The van der Waals surface area contributed by atoms with E-state index < -0.39 is 0 Å². The van der Waals surface area contributed by atoms with Crippen LogP contribution in [0, 0.1) is 11.3 Å². The molecule has 1 N–H and O–H groups in total. The topological polar surface area (TPSA) is 71.3 Å². The van der Waals surface area contributed by atoms with Crippen molar-refractivity contribution in [3.63, 3.8) is 0 Å². The first-order valence-corrected chi connectivity index (χ1v) is 7.14. The van der Waals surface area contributed by atoms with E-state index in [1.54, 1.807) is 7.11 Å². The minimum atomic E-state index is -0.287. The maximum atomic E-state index is 11.4. The molecule has 0 aliphatic heterocycles. The van der Waals surface area contributed by atoms with E-state index in [9.17, 15) is 4.79 Å². The predicted octanol–water partition coefficient (Wildman–Crippen LogP) is 2.79. The first kappa shape index (κ1) is 16.8. The minimum absolute atomic E-state index is 0.136. The normalized spacial score (nSPS) is 9.76. The molecule has 1 aromatic rings. The Labute approximate surface area is 125 Å². The van der Waals surface area contributed by atoms with Gasteiger partial charge >= 0.3 is 0 Å². The van der Waals surface area contributed by atoms with Crippen LogP contribution in [0.4, 0.5) is 0 Å². The van der Waals surface area contributed by atoms with Gasteiger partial charge in [0.15, 0.2) is 0 Å². The maximum absolute atomic E-state index is 11.4. The van der Waals surface area contributed by atoms with Crippen LogP contribution in [0.15, 0.2) is 18.2 Å². The molecule has 1 amide bonds. The zero-order valence-electron chi connectivity index (χ0n) is 12.6. The number of carbonyl (C=O) groups is 1. The van der Waals surface area contributed by atoms with Crippen molar-refractivity contribution < 1.29 is 14.3 Å². The standard InChI is InChI=1S/C16H22N2O3/c1-3-4-5-10-21-15-11-14(20-2)7-6-13(15)12-18-16(19)8-9-17/h6-7,11H,3-5,8,10,12H2,1-2H3,(H,18,19). The zero-order valence-corrected chi connectivity index (χ0v) is 12.6. The third-order valence-corrected chi connectivity index (χ3v) is 3.00. The molecule has 0 atom stereocenters. The summed E-state index contributed by atoms with van der Waals surface area (Å²) in [6, 6.07) is 7.32. The molecular formula is C16H22N2O3. The van der Waals surface area contributed by atoms with Crippen LogP contribution in [0.3, 0.4) is 0 Å². The van der Waals surface area contributed by atoms with Crippen molar-refractivity contribution in [2.24, 2.45) is 0 Å². The largest absolute Gasteiger partial charge is 0.497 e. The van der Waals surface area contributed by atoms with Crippen LogP contribution in [0.25, 0.3) is 0 Å². The second-order valence-electron chi connectivity index (χ2n) is 4.64. The van der Waals surface area contributed by atoms with Crippen molar-refractivity contribution >= 4 is 5.91 Å². The number of carbonyl (C=O) groups excluding carboxylic acids is 1. The fraction of sp³-hybridized carbons (Fsp3) is 0.500. The Bertz CT molecular complexity index is 495. The van der Waals surface area contributed by atoms with Crippen LogP contribution in [0.2, 0.25) is 0 Å². The minimum Gasteiger partial charge on any atom is -0.497 e. The van der Waals surface area contributed by atoms with Crippen LogP contribution in [0.1, 0.15) is 38.2 Å². The van der Waals surface area contributed by atoms with Gasteiger partial charge in [0.25, 0.3) is 0 Å². The SMILES string of the molecule is CCCCCOc1cc(OC)ccc1CNC(=O)CC#N. The number of ether oxygens (including phenoxy) is 2. The van der Waals surface area contributed by atoms with Crippen LogP contribution in [-0.2, 0) is 11.3 Å². The number of nitrogens with zero attached hydrogens (tertiary/aromatic N) is 1. The van der Waals surface area contributed by atoms with E-state index >= 15 is 0 Å². The lowest BCUT2D eigenvalue weighted by molar-refractivity contribution is -0.120. The number of unbranched alkanes of at least 4 members (excludes halogenated alkanes) is 2. The summed E-state index contributed by atoms with van der Waals surface area (Å²) in [4.78, 5) is 11.4. The van der Waals surface area contributed by atoms with Crippen LogP contribution >= 0.6 is 0 Å². The number of hydrogen-bond acceptors (Lipinski definition) is 4. The molecule has 5 heteroatoms. The fourth-order valence-electron chi connectivity index (χ4n) is 1.80. The van der Waals surface area contributed by atoms with Crippen molar-refractivity contribution in [1.82, 2.24) is 5.32 Å². The second-order valence-corrected chi connectivity index (χ2v) is 4.64. The Hall–Kier alpha value is -2.22. The Morgan fingerprint density at radius 3 is 2.86 bits per heavy atom. The van der Waals surface area contributed by atoms with Gasteiger partial charge < -0.3 is 14.8 Å². The Morgan fingerprint density at radius 2 is 2.19 bits per heavy atom. The molecule has 0 spiro atoms. The molecule has 5 nitrogen and oxygen atoms in total. The van der Waals surface area contributed by atoms with Gasteiger partial charge in [-0.15, -0.1) is 0 Å². The van der Waals surface area contributed by atoms with Crippen LogP contribution < -0.4 is 14.8 Å². The van der Waals surface area contributed by atoms with E-state index in [1.165, 1.54) is 0 Å². The number of benzene rings is 1. The summed E-state index contributed by atoms with van der Waals surface area (Å²) in [6.07, 6.45) is 3.12. The van der Waals surface area contributed by atoms with E-state index in [-0.39, 0.29) is 12.3 Å². The number of methoxy groups -OCH3 is 1. The molecule has 0 heterocycles. The quantitative estimate of drug-likeness (QED) is 0.710. The molecule has 0 aliphatic carbocycles. The number of rotatable bonds is 9. The highest BCUT2D eigenvalue weighted by atomic mass is 16.5. The second kappa shape index (κ2) is 9.65. The van der Waals surface area contributed by atoms with Crippen LogP contribution in [-0.4, -0.2) is 19.6 Å². The molecule has 21 heavy (non-hydrogen) atoms. The Kier molecular flexibility index (Phi) is 7.73. The van der Waals surface area contributed by atoms with Gasteiger partial charge in [-0.05, 0) is 18.6 Å². The Balaban J connectivity index is 2.67. The molecule has 0 saturated heterocycles. The van der Waals surface area contributed by atoms with E-state index in [0.29, 0.717) is 24.7 Å². The smallest absolute Gasteiger partial charge is 0.234 e. The summed E-state index contributed by atoms with van der Waals surface area (Å²) >= 11 is 0. The molecule has 114 valence electrons. The van der Waals surface area contributed by atoms with Crippen molar-refractivity contribution in [2.75, 3.05) is 13.7 Å². The monoisotopic (exact) mass is 290 g/mol. The third kappa shape index (κ3) is 6.17. The molecule has 0 aromatic heterocycles. The molecule has 1 aromatic carbocycles. The average Bonchev–Trinajstić information content (AvgIpc) is 2.50. The van der Waals surface area contributed by atoms with Gasteiger partial charge in [0.1, 0.15) is 17.9 Å². The lowest BCUT2D eigenvalue weighted by atomic mass is 10.2. The average molecular weight is 290 g/mol. The van der Waals surface area contributed by atoms with Crippen LogP contribution in [0.5, 0.6) is 11.5 Å². The fourth-order valence-corrected chi connectivity index (χ4v) is 1.80. The summed E-state index contributed by atoms with van der Waals surface area (Å²) in [5.74, 6) is 1.14. The molecule has 0 saturated carbocycles. The van der Waals surface area contributed by atoms with E-state index in [1.807, 2.05) is 24.3 Å². The van der Waals surface area contributed by atoms with Gasteiger partial charge in [0.05, 0.1) is 19.8 Å². The number of nitrogens with one attached hydrogen (secondary N) is 1. The molecular weight excluding hydrogens is 268 g/mol. The highest BCUT2D eigenvalue weighted by Crippen LogP contribution is 2.25. The summed E-state index contributed by atoms with van der Waals surface area (Å²) in [7, 11) is 1.60. The lowest BCUT2D eigenvalue weighted by Gasteiger charge is -2.13. The predicted molar refractivity (Wildman–Crippen MR) is 80.1 cm³/mol. The van der Waals surface area contributed by atoms with E-state index in [4.69, 9.17) is 14.7 Å². The van der Waals surface area contributed by atoms with Crippen molar-refractivity contribution in [3.05, 3.63) is 23.8 Å². The van der Waals surface area contributed by atoms with Gasteiger partial charge in [-0.25, -0.2) is 0 Å². The van der Waals surface area contributed by atoms with Gasteiger partial charge in [0, 0.05) is 18.2 Å². The molecule has 0 radical (unpaired) electrons. The van der Waals surface area contributed by atoms with Crippen molar-refractivity contribution in [3.8, 4) is 17.6 Å². The van der Waals surface area contributed by atoms with Crippen molar-refractivity contribution in [1.29, 1.82) is 5.26 Å². The molecule has 0 fully saturated rings. The van der Waals surface area contributed by atoms with Gasteiger partial charge in [-0.3, -0.25) is 4.79 Å². The third-order valence-electron chi connectivity index (χ3n) is 3.00. The maximum Gasteiger partial charge on any atom is 0.234 e. The number of nitriles is 1. The first-order chi connectivity index (χ1) is 10.2. The molecule has 0 unspecified atom stereocenters. The highest BCUT2D eigenvalue weighted by molar-refractivity contribution is 5.78. The summed E-state index contributed by atoms with van der Waals surface area (Å²) in [6.45, 7) is 3.12. The molecule has 0 aliphatic rings. The van der Waals surface area contributed by atoms with Crippen molar-refractivity contribution in [2.45, 2.75) is 39.2 Å². The first-order valence-electron chi connectivity index (χ1n) is 7.14. The summed E-state index contributed by atoms with van der Waals surface area (Å²) in [5, 5.41) is 11.2. The molecule has 1 rings (SSSR count). The lowest BCUT2D eigenvalue weighted by Crippen LogP contribution is -2.22. The zero-order chi connectivity index (χ0) is 15.5. The number of hydrogen-bond donors (Lipinski definition) is 1. The summed E-state index contributed by atoms with van der Waals surface area (Å²) < 4.78 is 11.0. The summed E-state index contributed by atoms with van der Waals surface area (Å²) in [5.41, 5.74) is 0.874. The van der Waals surface area contributed by atoms with Gasteiger partial charge in [-0.2, -0.15) is 5.26 Å². The van der Waals surface area contributed by atoms with Gasteiger partial charge in [0.2, 0.25) is 5.91 Å². The molecule has 0 bridgehead atoms.